The summed E-state index contributed by atoms with van der Waals surface area (Å²) in [4.78, 5) is 55.4. The Morgan fingerprint density at radius 1 is 1.10 bits per heavy atom. The molecule has 1 aliphatic heterocycles. The molecule has 0 bridgehead atoms. The fourth-order valence-electron chi connectivity index (χ4n) is 4.06. The number of amides is 1. The number of nitrogens with zero attached hydrogens (tertiary/aromatic N) is 2. The summed E-state index contributed by atoms with van der Waals surface area (Å²) in [6, 6.07) is 4.41. The molecule has 1 aliphatic rings. The highest BCUT2D eigenvalue weighted by Crippen LogP contribution is 2.23. The second-order valence-electron chi connectivity index (χ2n) is 7.56. The lowest BCUT2D eigenvalue weighted by atomic mass is 9.99. The van der Waals surface area contributed by atoms with Gasteiger partial charge in [-0.3, -0.25) is 19.2 Å². The lowest BCUT2D eigenvalue weighted by Crippen LogP contribution is -2.54. The first-order chi connectivity index (χ1) is 14.4. The van der Waals surface area contributed by atoms with Crippen molar-refractivity contribution >= 4 is 28.3 Å². The van der Waals surface area contributed by atoms with Gasteiger partial charge in [0.1, 0.15) is 5.82 Å². The van der Waals surface area contributed by atoms with Crippen molar-refractivity contribution in [1.82, 2.24) is 9.88 Å². The predicted molar refractivity (Wildman–Crippen MR) is 111 cm³/mol. The first kappa shape index (κ1) is 20.0. The second-order valence-corrected chi connectivity index (χ2v) is 7.56. The van der Waals surface area contributed by atoms with E-state index in [0.717, 1.165) is 12.8 Å². The fourth-order valence-corrected chi connectivity index (χ4v) is 4.06. The molecule has 2 aromatic carbocycles. The lowest BCUT2D eigenvalue weighted by Gasteiger charge is -2.36. The van der Waals surface area contributed by atoms with Crippen molar-refractivity contribution in [3.05, 3.63) is 61.8 Å². The zero-order valence-electron chi connectivity index (χ0n) is 16.7. The largest absolute Gasteiger partial charge is 0.364 e. The van der Waals surface area contributed by atoms with Crippen molar-refractivity contribution in [1.29, 1.82) is 0 Å². The van der Waals surface area contributed by atoms with Gasteiger partial charge in [0.15, 0.2) is 0 Å². The molecule has 0 radical (unpaired) electrons. The first-order valence-corrected chi connectivity index (χ1v) is 10.1. The number of Topliss-reactive ketones (excluding diaryl/α,β-unsaturated/α-hetero) is 1. The van der Waals surface area contributed by atoms with Gasteiger partial charge in [0.2, 0.25) is 10.9 Å². The van der Waals surface area contributed by atoms with Crippen molar-refractivity contribution in [3.8, 4) is 0 Å². The van der Waals surface area contributed by atoms with E-state index >= 15 is 0 Å². The zero-order chi connectivity index (χ0) is 21.4. The Hall–Kier alpha value is -3.29. The molecule has 1 aromatic heterocycles. The minimum absolute atomic E-state index is 0.0138. The molecule has 2 heterocycles. The number of fused-ring (bicyclic) bond motifs is 1. The SMILES string of the molecule is CCCCc1c(N2CCN(C(=O)C(=O)c3c[nH]c4cccc(F)c34)CC2)c(=O)c1=O. The van der Waals surface area contributed by atoms with Crippen LogP contribution >= 0.6 is 0 Å². The second kappa shape index (κ2) is 7.85. The number of aromatic amines is 1. The Bertz CT molecular complexity index is 1200. The third-order valence-electron chi connectivity index (χ3n) is 5.74. The summed E-state index contributed by atoms with van der Waals surface area (Å²) in [5.41, 5.74) is 0.632. The number of ketones is 1. The number of benzene rings is 1. The van der Waals surface area contributed by atoms with Crippen LogP contribution in [0.4, 0.5) is 10.1 Å². The van der Waals surface area contributed by atoms with Gasteiger partial charge in [0, 0.05) is 48.8 Å². The Morgan fingerprint density at radius 3 is 2.53 bits per heavy atom. The maximum atomic E-state index is 14.2. The molecule has 1 N–H and O–H groups in total. The molecule has 0 unspecified atom stereocenters. The number of carbonyl (C=O) groups is 2. The summed E-state index contributed by atoms with van der Waals surface area (Å²) < 4.78 is 14.2. The monoisotopic (exact) mass is 411 g/mol. The average Bonchev–Trinajstić information content (AvgIpc) is 3.20. The Kier molecular flexibility index (Phi) is 5.24. The molecule has 0 saturated carbocycles. The van der Waals surface area contributed by atoms with Crippen molar-refractivity contribution in [3.63, 3.8) is 0 Å². The number of anilines is 1. The van der Waals surface area contributed by atoms with Gasteiger partial charge >= 0.3 is 0 Å². The van der Waals surface area contributed by atoms with Crippen molar-refractivity contribution in [2.24, 2.45) is 0 Å². The van der Waals surface area contributed by atoms with Crippen LogP contribution in [0.15, 0.2) is 34.0 Å². The van der Waals surface area contributed by atoms with Gasteiger partial charge in [-0.25, -0.2) is 4.39 Å². The van der Waals surface area contributed by atoms with Gasteiger partial charge in [-0.05, 0) is 25.0 Å². The van der Waals surface area contributed by atoms with Crippen LogP contribution in [0.3, 0.4) is 0 Å². The Balaban J connectivity index is 1.46. The summed E-state index contributed by atoms with van der Waals surface area (Å²) in [5.74, 6) is -2.03. The van der Waals surface area contributed by atoms with E-state index in [1.807, 2.05) is 11.8 Å². The molecule has 0 spiro atoms. The van der Waals surface area contributed by atoms with Crippen LogP contribution in [0.2, 0.25) is 0 Å². The number of unbranched alkanes of at least 4 members (excludes halogenated alkanes) is 1. The van der Waals surface area contributed by atoms with Gasteiger partial charge < -0.3 is 14.8 Å². The number of nitrogens with one attached hydrogen (secondary N) is 1. The van der Waals surface area contributed by atoms with Crippen LogP contribution in [-0.2, 0) is 11.2 Å². The predicted octanol–water partition coefficient (Wildman–Crippen LogP) is 1.78. The molecule has 3 aromatic rings. The van der Waals surface area contributed by atoms with E-state index in [2.05, 4.69) is 4.98 Å². The Labute approximate surface area is 171 Å². The molecule has 0 aliphatic carbocycles. The van der Waals surface area contributed by atoms with Crippen molar-refractivity contribution in [2.45, 2.75) is 26.2 Å². The molecule has 7 nitrogen and oxygen atoms in total. The molecular weight excluding hydrogens is 389 g/mol. The zero-order valence-corrected chi connectivity index (χ0v) is 16.7. The van der Waals surface area contributed by atoms with Gasteiger partial charge in [-0.15, -0.1) is 0 Å². The normalized spacial score (nSPS) is 14.6. The molecule has 1 amide bonds. The minimum Gasteiger partial charge on any atom is -0.364 e. The van der Waals surface area contributed by atoms with E-state index in [-0.39, 0.29) is 24.0 Å². The third kappa shape index (κ3) is 3.22. The number of hydrogen-bond acceptors (Lipinski definition) is 5. The number of hydrogen-bond donors (Lipinski definition) is 1. The van der Waals surface area contributed by atoms with Crippen LogP contribution in [0.25, 0.3) is 10.9 Å². The summed E-state index contributed by atoms with van der Waals surface area (Å²) in [5, 5.41) is 0.110. The van der Waals surface area contributed by atoms with E-state index < -0.39 is 28.4 Å². The van der Waals surface area contributed by atoms with Crippen molar-refractivity contribution < 1.29 is 14.0 Å². The average molecular weight is 411 g/mol. The highest BCUT2D eigenvalue weighted by atomic mass is 19.1. The van der Waals surface area contributed by atoms with Gasteiger partial charge in [-0.1, -0.05) is 19.4 Å². The van der Waals surface area contributed by atoms with E-state index in [0.29, 0.717) is 36.3 Å². The first-order valence-electron chi connectivity index (χ1n) is 10.1. The van der Waals surface area contributed by atoms with Crippen LogP contribution in [0.1, 0.15) is 35.7 Å². The highest BCUT2D eigenvalue weighted by Gasteiger charge is 2.32. The molecule has 8 heteroatoms. The fraction of sp³-hybridized carbons (Fsp3) is 0.364. The van der Waals surface area contributed by atoms with Gasteiger partial charge in [-0.2, -0.15) is 0 Å². The van der Waals surface area contributed by atoms with Crippen LogP contribution in [0.5, 0.6) is 0 Å². The molecule has 4 rings (SSSR count). The van der Waals surface area contributed by atoms with E-state index in [9.17, 15) is 23.6 Å². The molecule has 0 atom stereocenters. The molecule has 1 fully saturated rings. The maximum Gasteiger partial charge on any atom is 0.295 e. The van der Waals surface area contributed by atoms with Crippen molar-refractivity contribution in [2.75, 3.05) is 31.1 Å². The molecule has 156 valence electrons. The summed E-state index contributed by atoms with van der Waals surface area (Å²) in [6.45, 7) is 3.26. The van der Waals surface area contributed by atoms with Gasteiger partial charge in [0.25, 0.3) is 11.7 Å². The molecule has 30 heavy (non-hydrogen) atoms. The Morgan fingerprint density at radius 2 is 1.83 bits per heavy atom. The van der Waals surface area contributed by atoms with Crippen LogP contribution in [-0.4, -0.2) is 47.8 Å². The number of H-pyrrole nitrogens is 1. The molecule has 1 saturated heterocycles. The van der Waals surface area contributed by atoms with Crippen LogP contribution < -0.4 is 15.8 Å². The van der Waals surface area contributed by atoms with E-state index in [1.54, 1.807) is 6.07 Å². The number of aromatic nitrogens is 1. The minimum atomic E-state index is -0.766. The smallest absolute Gasteiger partial charge is 0.295 e. The third-order valence-corrected chi connectivity index (χ3v) is 5.74. The summed E-state index contributed by atoms with van der Waals surface area (Å²) in [7, 11) is 0. The number of halogens is 1. The lowest BCUT2D eigenvalue weighted by molar-refractivity contribution is -0.126. The maximum absolute atomic E-state index is 14.2. The summed E-state index contributed by atoms with van der Waals surface area (Å²) >= 11 is 0. The number of piperazine rings is 1. The topological polar surface area (TPSA) is 90.6 Å². The molecular formula is C22H22FN3O4. The van der Waals surface area contributed by atoms with Crippen LogP contribution in [0, 0.1) is 5.82 Å². The van der Waals surface area contributed by atoms with Gasteiger partial charge in [0.05, 0.1) is 11.3 Å². The van der Waals surface area contributed by atoms with E-state index in [1.165, 1.54) is 23.2 Å². The summed E-state index contributed by atoms with van der Waals surface area (Å²) in [6.07, 6.45) is 3.71. The van der Waals surface area contributed by atoms with E-state index in [4.69, 9.17) is 0 Å². The number of rotatable bonds is 6. The highest BCUT2D eigenvalue weighted by molar-refractivity contribution is 6.44. The standard InChI is InChI=1S/C22H22FN3O4/c1-2-3-5-13-18(21(29)19(13)27)25-8-10-26(11-9-25)22(30)20(28)14-12-24-16-7-4-6-15(23)17(14)16/h4,6-7,12,24H,2-3,5,8-11H2,1H3. The quantitative estimate of drug-likeness (QED) is 0.493. The number of carbonyl (C=O) groups excluding carboxylic acids is 2.